The summed E-state index contributed by atoms with van der Waals surface area (Å²) in [5.74, 6) is 0.981. The maximum atomic E-state index is 14.2. The first-order valence-corrected chi connectivity index (χ1v) is 9.69. The van der Waals surface area contributed by atoms with E-state index in [1.807, 2.05) is 24.3 Å². The summed E-state index contributed by atoms with van der Waals surface area (Å²) in [6.45, 7) is 5.09. The lowest BCUT2D eigenvalue weighted by Gasteiger charge is -2.25. The molecule has 0 aliphatic heterocycles. The molecule has 0 aliphatic carbocycles. The Morgan fingerprint density at radius 1 is 0.897 bits per heavy atom. The van der Waals surface area contributed by atoms with Crippen LogP contribution in [0.4, 0.5) is 4.39 Å². The first-order valence-electron chi connectivity index (χ1n) is 9.31. The van der Waals surface area contributed by atoms with Crippen LogP contribution in [0.15, 0.2) is 66.7 Å². The van der Waals surface area contributed by atoms with E-state index in [1.165, 1.54) is 6.07 Å². The number of rotatable bonds is 8. The Bertz CT molecular complexity index is 937. The van der Waals surface area contributed by atoms with Gasteiger partial charge in [0.1, 0.15) is 11.5 Å². The maximum absolute atomic E-state index is 14.2. The zero-order valence-electron chi connectivity index (χ0n) is 16.7. The van der Waals surface area contributed by atoms with Crippen molar-refractivity contribution in [3.8, 4) is 17.2 Å². The van der Waals surface area contributed by atoms with Crippen molar-refractivity contribution in [3.05, 3.63) is 88.7 Å². The monoisotopic (exact) mass is 414 g/mol. The second kappa shape index (κ2) is 9.29. The molecule has 0 atom stereocenters. The van der Waals surface area contributed by atoms with Crippen LogP contribution in [-0.2, 0) is 16.8 Å². The van der Waals surface area contributed by atoms with Crippen LogP contribution in [0.5, 0.6) is 17.2 Å². The van der Waals surface area contributed by atoms with E-state index < -0.39 is 5.82 Å². The molecule has 0 bridgehead atoms. The molecule has 3 rings (SSSR count). The van der Waals surface area contributed by atoms with E-state index >= 15 is 0 Å². The van der Waals surface area contributed by atoms with Gasteiger partial charge in [-0.1, -0.05) is 43.6 Å². The van der Waals surface area contributed by atoms with Crippen LogP contribution in [0.3, 0.4) is 0 Å². The second-order valence-corrected chi connectivity index (χ2v) is 7.86. The SMILES string of the molecule is COc1ccc(Oc2cc(COCC(C)(C)c3ccc(Cl)cc3)ccc2F)cc1. The molecule has 0 radical (unpaired) electrons. The average molecular weight is 415 g/mol. The Morgan fingerprint density at radius 2 is 1.55 bits per heavy atom. The first-order chi connectivity index (χ1) is 13.9. The Hall–Kier alpha value is -2.56. The minimum Gasteiger partial charge on any atom is -0.497 e. The normalized spacial score (nSPS) is 11.3. The highest BCUT2D eigenvalue weighted by Gasteiger charge is 2.21. The number of benzene rings is 3. The van der Waals surface area contributed by atoms with E-state index in [9.17, 15) is 4.39 Å². The molecule has 0 fully saturated rings. The minimum absolute atomic E-state index is 0.160. The molecule has 5 heteroatoms. The third-order valence-corrected chi connectivity index (χ3v) is 4.89. The summed E-state index contributed by atoms with van der Waals surface area (Å²) >= 11 is 5.97. The van der Waals surface area contributed by atoms with Crippen molar-refractivity contribution in [1.82, 2.24) is 0 Å². The van der Waals surface area contributed by atoms with Crippen LogP contribution in [0, 0.1) is 5.82 Å². The zero-order chi connectivity index (χ0) is 20.9. The number of hydrogen-bond donors (Lipinski definition) is 0. The van der Waals surface area contributed by atoms with E-state index in [2.05, 4.69) is 13.8 Å². The van der Waals surface area contributed by atoms with Crippen molar-refractivity contribution < 1.29 is 18.6 Å². The molecule has 29 heavy (non-hydrogen) atoms. The van der Waals surface area contributed by atoms with Crippen molar-refractivity contribution in [3.63, 3.8) is 0 Å². The van der Waals surface area contributed by atoms with Gasteiger partial charge < -0.3 is 14.2 Å². The quantitative estimate of drug-likeness (QED) is 0.407. The fraction of sp³-hybridized carbons (Fsp3) is 0.250. The van der Waals surface area contributed by atoms with E-state index in [-0.39, 0.29) is 11.2 Å². The minimum atomic E-state index is -0.425. The molecule has 0 heterocycles. The van der Waals surface area contributed by atoms with Crippen molar-refractivity contribution in [2.45, 2.75) is 25.9 Å². The smallest absolute Gasteiger partial charge is 0.165 e. The lowest BCUT2D eigenvalue weighted by molar-refractivity contribution is 0.0823. The van der Waals surface area contributed by atoms with Gasteiger partial charge in [-0.15, -0.1) is 0 Å². The van der Waals surface area contributed by atoms with E-state index in [4.69, 9.17) is 25.8 Å². The highest BCUT2D eigenvalue weighted by molar-refractivity contribution is 6.30. The molecule has 3 nitrogen and oxygen atoms in total. The van der Waals surface area contributed by atoms with E-state index in [0.717, 1.165) is 11.1 Å². The first kappa shape index (κ1) is 21.2. The van der Waals surface area contributed by atoms with Crippen LogP contribution in [0.1, 0.15) is 25.0 Å². The molecule has 0 unspecified atom stereocenters. The molecule has 0 N–H and O–H groups in total. The number of ether oxygens (including phenoxy) is 3. The van der Waals surface area contributed by atoms with Crippen LogP contribution in [-0.4, -0.2) is 13.7 Å². The van der Waals surface area contributed by atoms with Crippen LogP contribution in [0.25, 0.3) is 0 Å². The lowest BCUT2D eigenvalue weighted by atomic mass is 9.86. The van der Waals surface area contributed by atoms with Crippen LogP contribution in [0.2, 0.25) is 5.02 Å². The van der Waals surface area contributed by atoms with Gasteiger partial charge in [-0.3, -0.25) is 0 Å². The van der Waals surface area contributed by atoms with Gasteiger partial charge in [0.15, 0.2) is 11.6 Å². The third-order valence-electron chi connectivity index (χ3n) is 4.64. The van der Waals surface area contributed by atoms with Crippen LogP contribution >= 0.6 is 11.6 Å². The molecule has 0 spiro atoms. The van der Waals surface area contributed by atoms with Gasteiger partial charge in [0, 0.05) is 10.4 Å². The molecule has 0 aliphatic rings. The zero-order valence-corrected chi connectivity index (χ0v) is 17.5. The molecular weight excluding hydrogens is 391 g/mol. The van der Waals surface area contributed by atoms with Crippen molar-refractivity contribution in [2.75, 3.05) is 13.7 Å². The molecule has 0 saturated heterocycles. The fourth-order valence-corrected chi connectivity index (χ4v) is 3.02. The fourth-order valence-electron chi connectivity index (χ4n) is 2.89. The standard InChI is InChI=1S/C24H24ClFO3/c1-24(2,18-5-7-19(25)8-6-18)16-28-15-17-4-13-22(26)23(14-17)29-21-11-9-20(27-3)10-12-21/h4-14H,15-16H2,1-3H3. The predicted molar refractivity (Wildman–Crippen MR) is 114 cm³/mol. The van der Waals surface area contributed by atoms with Crippen molar-refractivity contribution >= 4 is 11.6 Å². The van der Waals surface area contributed by atoms with E-state index in [1.54, 1.807) is 43.5 Å². The Morgan fingerprint density at radius 3 is 2.21 bits per heavy atom. The molecule has 3 aromatic carbocycles. The lowest BCUT2D eigenvalue weighted by Crippen LogP contribution is -2.24. The summed E-state index contributed by atoms with van der Waals surface area (Å²) in [4.78, 5) is 0. The Kier molecular flexibility index (Phi) is 6.78. The highest BCUT2D eigenvalue weighted by Crippen LogP contribution is 2.28. The van der Waals surface area contributed by atoms with E-state index in [0.29, 0.717) is 29.7 Å². The molecule has 0 amide bonds. The van der Waals surface area contributed by atoms with Gasteiger partial charge in [-0.05, 0) is 59.7 Å². The largest absolute Gasteiger partial charge is 0.497 e. The predicted octanol–water partition coefficient (Wildman–Crippen LogP) is 6.77. The molecule has 152 valence electrons. The topological polar surface area (TPSA) is 27.7 Å². The Labute approximate surface area is 176 Å². The number of hydrogen-bond acceptors (Lipinski definition) is 3. The average Bonchev–Trinajstić information content (AvgIpc) is 2.71. The summed E-state index contributed by atoms with van der Waals surface area (Å²) < 4.78 is 30.9. The van der Waals surface area contributed by atoms with Gasteiger partial charge >= 0.3 is 0 Å². The third kappa shape index (κ3) is 5.72. The van der Waals surface area contributed by atoms with Gasteiger partial charge in [0.25, 0.3) is 0 Å². The number of methoxy groups -OCH3 is 1. The van der Waals surface area contributed by atoms with Gasteiger partial charge in [-0.2, -0.15) is 0 Å². The number of halogens is 2. The van der Waals surface area contributed by atoms with Gasteiger partial charge in [0.2, 0.25) is 0 Å². The maximum Gasteiger partial charge on any atom is 0.165 e. The van der Waals surface area contributed by atoms with Gasteiger partial charge in [0.05, 0.1) is 20.3 Å². The van der Waals surface area contributed by atoms with Crippen molar-refractivity contribution in [2.24, 2.45) is 0 Å². The molecule has 3 aromatic rings. The van der Waals surface area contributed by atoms with Gasteiger partial charge in [-0.25, -0.2) is 4.39 Å². The summed E-state index contributed by atoms with van der Waals surface area (Å²) in [6, 6.07) is 19.5. The molecule has 0 aromatic heterocycles. The van der Waals surface area contributed by atoms with Crippen molar-refractivity contribution in [1.29, 1.82) is 0 Å². The molecule has 0 saturated carbocycles. The summed E-state index contributed by atoms with van der Waals surface area (Å²) in [5.41, 5.74) is 1.80. The molecular formula is C24H24ClFO3. The summed E-state index contributed by atoms with van der Waals surface area (Å²) in [7, 11) is 1.59. The highest BCUT2D eigenvalue weighted by atomic mass is 35.5. The summed E-state index contributed by atoms with van der Waals surface area (Å²) in [5, 5.41) is 0.709. The summed E-state index contributed by atoms with van der Waals surface area (Å²) in [6.07, 6.45) is 0. The Balaban J connectivity index is 1.62. The second-order valence-electron chi connectivity index (χ2n) is 7.43. The van der Waals surface area contributed by atoms with Crippen LogP contribution < -0.4 is 9.47 Å².